The van der Waals surface area contributed by atoms with Gasteiger partial charge in [-0.1, -0.05) is 18.2 Å². The van der Waals surface area contributed by atoms with Gasteiger partial charge in [0, 0.05) is 5.69 Å². The highest BCUT2D eigenvalue weighted by Gasteiger charge is 2.46. The van der Waals surface area contributed by atoms with E-state index in [1.165, 1.54) is 10.8 Å². The molecule has 3 rings (SSSR count). The molecule has 0 saturated heterocycles. The van der Waals surface area contributed by atoms with Gasteiger partial charge in [-0.25, -0.2) is 0 Å². The molecule has 156 valence electrons. The van der Waals surface area contributed by atoms with Gasteiger partial charge in [-0.15, -0.1) is 0 Å². The van der Waals surface area contributed by atoms with Gasteiger partial charge in [-0.05, 0) is 35.4 Å². The van der Waals surface area contributed by atoms with Gasteiger partial charge in [0.25, 0.3) is 0 Å². The number of fused-ring (bicyclic) bond motifs is 1. The number of anilines is 2. The van der Waals surface area contributed by atoms with Crippen molar-refractivity contribution in [3.63, 3.8) is 0 Å². The molecule has 0 unspecified atom stereocenters. The number of carbonyl (C=O) groups is 1. The van der Waals surface area contributed by atoms with Crippen molar-refractivity contribution in [1.82, 2.24) is 0 Å². The molecular weight excluding hydrogens is 426 g/mol. The topological polar surface area (TPSA) is 66.5 Å². The van der Waals surface area contributed by atoms with Crippen LogP contribution in [-0.2, 0) is 34.0 Å². The Balaban J connectivity index is 2.05. The lowest BCUT2D eigenvalue weighted by Crippen LogP contribution is -2.31. The summed E-state index contributed by atoms with van der Waals surface area (Å²) in [7, 11) is -5.86. The number of nitrogens with one attached hydrogen (secondary N) is 1. The van der Waals surface area contributed by atoms with Crippen LogP contribution in [0.25, 0.3) is 0 Å². The molecule has 0 aliphatic carbocycles. The van der Waals surface area contributed by atoms with Crippen LogP contribution >= 0.6 is 0 Å². The quantitative estimate of drug-likeness (QED) is 0.733. The van der Waals surface area contributed by atoms with E-state index in [2.05, 4.69) is 0 Å². The molecule has 1 heterocycles. The molecule has 0 aromatic heterocycles. The summed E-state index contributed by atoms with van der Waals surface area (Å²) >= 11 is 0. The predicted molar refractivity (Wildman–Crippen MR) is 91.4 cm³/mol. The Morgan fingerprint density at radius 2 is 1.66 bits per heavy atom. The van der Waals surface area contributed by atoms with Gasteiger partial charge < -0.3 is 4.90 Å². The van der Waals surface area contributed by atoms with E-state index in [1.54, 1.807) is 18.2 Å². The van der Waals surface area contributed by atoms with Gasteiger partial charge in [0.2, 0.25) is 5.91 Å². The van der Waals surface area contributed by atoms with Crippen molar-refractivity contribution < 1.29 is 39.6 Å². The molecule has 5 nitrogen and oxygen atoms in total. The number of sulfonamides is 1. The van der Waals surface area contributed by atoms with Crippen LogP contribution in [-0.4, -0.2) is 19.8 Å². The van der Waals surface area contributed by atoms with Crippen molar-refractivity contribution in [2.75, 3.05) is 9.62 Å². The molecule has 29 heavy (non-hydrogen) atoms. The number of para-hydroxylation sites is 1. The molecule has 12 heteroatoms. The van der Waals surface area contributed by atoms with Crippen molar-refractivity contribution in [1.29, 1.82) is 0 Å². The Labute approximate surface area is 161 Å². The van der Waals surface area contributed by atoms with Crippen LogP contribution in [0, 0.1) is 0 Å². The van der Waals surface area contributed by atoms with Gasteiger partial charge >= 0.3 is 21.7 Å². The van der Waals surface area contributed by atoms with E-state index in [1.807, 2.05) is 0 Å². The predicted octanol–water partition coefficient (Wildman–Crippen LogP) is 4.06. The summed E-state index contributed by atoms with van der Waals surface area (Å²) in [5, 5.41) is 0. The molecule has 0 radical (unpaired) electrons. The highest BCUT2D eigenvalue weighted by Crippen LogP contribution is 2.36. The second kappa shape index (κ2) is 6.94. The molecular formula is C17H12F6N2O3S. The molecule has 2 aromatic carbocycles. The number of hydrogen-bond donors (Lipinski definition) is 1. The first kappa shape index (κ1) is 21.0. The first-order chi connectivity index (χ1) is 13.3. The number of amides is 1. The van der Waals surface area contributed by atoms with Crippen molar-refractivity contribution in [3.05, 3.63) is 59.2 Å². The highest BCUT2D eigenvalue weighted by atomic mass is 32.2. The van der Waals surface area contributed by atoms with Gasteiger partial charge in [0.1, 0.15) is 0 Å². The molecule has 1 aliphatic heterocycles. The Hall–Kier alpha value is -2.76. The fourth-order valence-corrected chi connectivity index (χ4v) is 3.47. The van der Waals surface area contributed by atoms with Gasteiger partial charge in [0.15, 0.2) is 0 Å². The van der Waals surface area contributed by atoms with Crippen LogP contribution in [0.5, 0.6) is 0 Å². The number of benzene rings is 2. The third-order valence-corrected chi connectivity index (χ3v) is 5.33. The third kappa shape index (κ3) is 4.16. The number of carbonyl (C=O) groups excluding carboxylic acids is 1. The Morgan fingerprint density at radius 1 is 1.00 bits per heavy atom. The lowest BCUT2D eigenvalue weighted by molar-refractivity contribution is -0.137. The minimum absolute atomic E-state index is 0.0290. The van der Waals surface area contributed by atoms with E-state index in [0.717, 1.165) is 4.90 Å². The molecule has 1 aliphatic rings. The van der Waals surface area contributed by atoms with Crippen LogP contribution in [0.2, 0.25) is 0 Å². The van der Waals surface area contributed by atoms with Crippen molar-refractivity contribution in [3.8, 4) is 0 Å². The van der Waals surface area contributed by atoms with E-state index in [-0.39, 0.29) is 6.42 Å². The summed E-state index contributed by atoms with van der Waals surface area (Å²) in [6, 6.07) is 7.97. The monoisotopic (exact) mass is 438 g/mol. The Morgan fingerprint density at radius 3 is 2.28 bits per heavy atom. The van der Waals surface area contributed by atoms with E-state index >= 15 is 0 Å². The number of halogens is 6. The summed E-state index contributed by atoms with van der Waals surface area (Å²) in [6.07, 6.45) is -4.85. The zero-order valence-corrected chi connectivity index (χ0v) is 15.1. The summed E-state index contributed by atoms with van der Waals surface area (Å²) in [5.74, 6) is -0.478. The van der Waals surface area contributed by atoms with E-state index in [0.29, 0.717) is 29.4 Å². The highest BCUT2D eigenvalue weighted by molar-refractivity contribution is 7.93. The van der Waals surface area contributed by atoms with Gasteiger partial charge in [-0.3, -0.25) is 9.52 Å². The van der Waals surface area contributed by atoms with Gasteiger partial charge in [0.05, 0.1) is 24.2 Å². The van der Waals surface area contributed by atoms with Crippen LogP contribution in [0.15, 0.2) is 42.5 Å². The van der Waals surface area contributed by atoms with Crippen molar-refractivity contribution in [2.24, 2.45) is 0 Å². The van der Waals surface area contributed by atoms with Gasteiger partial charge in [-0.2, -0.15) is 34.8 Å². The third-order valence-electron chi connectivity index (χ3n) is 4.24. The smallest absolute Gasteiger partial charge is 0.307 e. The molecule has 2 aromatic rings. The fraction of sp³-hybridized carbons (Fsp3) is 0.235. The summed E-state index contributed by atoms with van der Waals surface area (Å²) in [5.41, 5.74) is -7.00. The Kier molecular flexibility index (Phi) is 5.01. The molecule has 0 bridgehead atoms. The summed E-state index contributed by atoms with van der Waals surface area (Å²) < 4.78 is 101. The number of rotatable bonds is 4. The maximum Gasteiger partial charge on any atom is 0.516 e. The van der Waals surface area contributed by atoms with E-state index < -0.39 is 51.0 Å². The molecule has 0 fully saturated rings. The van der Waals surface area contributed by atoms with E-state index in [4.69, 9.17) is 0 Å². The molecule has 1 N–H and O–H groups in total. The zero-order valence-electron chi connectivity index (χ0n) is 14.3. The average Bonchev–Trinajstić information content (AvgIpc) is 2.90. The summed E-state index contributed by atoms with van der Waals surface area (Å²) in [4.78, 5) is 13.4. The second-order valence-electron chi connectivity index (χ2n) is 6.21. The zero-order chi connectivity index (χ0) is 21.6. The number of hydrogen-bond acceptors (Lipinski definition) is 3. The van der Waals surface area contributed by atoms with Crippen LogP contribution in [0.1, 0.15) is 16.7 Å². The first-order valence-electron chi connectivity index (χ1n) is 7.97. The fourth-order valence-electron chi connectivity index (χ4n) is 2.86. The molecule has 0 atom stereocenters. The van der Waals surface area contributed by atoms with Crippen molar-refractivity contribution >= 4 is 27.3 Å². The normalized spacial score (nSPS) is 14.8. The van der Waals surface area contributed by atoms with Crippen LogP contribution in [0.4, 0.5) is 37.7 Å². The lowest BCUT2D eigenvalue weighted by atomic mass is 10.1. The van der Waals surface area contributed by atoms with Crippen LogP contribution in [0.3, 0.4) is 0 Å². The minimum Gasteiger partial charge on any atom is -0.307 e. The SMILES string of the molecule is O=C1Cc2ccccc2N1Cc1cc(C(F)(F)F)ccc1NS(=O)(=O)C(F)(F)F. The second-order valence-corrected chi connectivity index (χ2v) is 7.88. The standard InChI is InChI=1S/C17H12F6N2O3S/c18-16(19,20)12-5-6-13(24-29(27,28)17(21,22)23)11(7-12)9-25-14-4-2-1-3-10(14)8-15(25)26/h1-7,24H,8-9H2. The minimum atomic E-state index is -5.86. The lowest BCUT2D eigenvalue weighted by Gasteiger charge is -2.21. The molecule has 0 saturated carbocycles. The number of alkyl halides is 6. The van der Waals surface area contributed by atoms with E-state index in [9.17, 15) is 39.6 Å². The van der Waals surface area contributed by atoms with Crippen LogP contribution < -0.4 is 9.62 Å². The maximum absolute atomic E-state index is 13.1. The molecule has 0 spiro atoms. The number of nitrogens with zero attached hydrogens (tertiary/aromatic N) is 1. The average molecular weight is 438 g/mol. The Bertz CT molecular complexity index is 1060. The summed E-state index contributed by atoms with van der Waals surface area (Å²) in [6.45, 7) is -0.546. The molecule has 1 amide bonds. The van der Waals surface area contributed by atoms with Crippen molar-refractivity contribution in [2.45, 2.75) is 24.7 Å². The maximum atomic E-state index is 13.1. The largest absolute Gasteiger partial charge is 0.516 e. The first-order valence-corrected chi connectivity index (χ1v) is 9.45.